The van der Waals surface area contributed by atoms with E-state index in [2.05, 4.69) is 31.5 Å². The van der Waals surface area contributed by atoms with Crippen LogP contribution in [0.2, 0.25) is 0 Å². The summed E-state index contributed by atoms with van der Waals surface area (Å²) in [4.78, 5) is 44.6. The third kappa shape index (κ3) is 10.9. The van der Waals surface area contributed by atoms with E-state index < -0.39 is 6.10 Å². The number of aromatic nitrogens is 1. The molecule has 2 amide bonds. The highest BCUT2D eigenvalue weighted by Crippen LogP contribution is 2.31. The van der Waals surface area contributed by atoms with E-state index in [0.717, 1.165) is 43.9 Å². The number of aliphatic hydroxyl groups excluding tert-OH is 1. The molecule has 5 rings (SSSR count). The predicted octanol–water partition coefficient (Wildman–Crippen LogP) is 3.78. The van der Waals surface area contributed by atoms with E-state index in [1.807, 2.05) is 87.6 Å². The van der Waals surface area contributed by atoms with Crippen molar-refractivity contribution >= 4 is 18.1 Å². The number of nitrogens with one attached hydrogen (secondary N) is 2. The van der Waals surface area contributed by atoms with E-state index in [4.69, 9.17) is 0 Å². The van der Waals surface area contributed by atoms with Gasteiger partial charge in [-0.2, -0.15) is 0 Å². The molecule has 3 N–H and O–H groups in total. The molecule has 1 aromatic heterocycles. The van der Waals surface area contributed by atoms with Crippen molar-refractivity contribution in [3.8, 4) is 0 Å². The van der Waals surface area contributed by atoms with Crippen molar-refractivity contribution in [2.24, 2.45) is 5.92 Å². The number of β-amino-alcohol motifs (C(OH)–C–C–N with tert-alkyl or cyclic N) is 1. The summed E-state index contributed by atoms with van der Waals surface area (Å²) in [6, 6.07) is 21.2. The predicted molar refractivity (Wildman–Crippen MR) is 175 cm³/mol. The maximum atomic E-state index is 13.5. The lowest BCUT2D eigenvalue weighted by atomic mass is 9.92. The molecule has 1 fully saturated rings. The van der Waals surface area contributed by atoms with Crippen LogP contribution < -0.4 is 10.6 Å². The minimum absolute atomic E-state index is 0.0632. The van der Waals surface area contributed by atoms with Crippen molar-refractivity contribution < 1.29 is 19.5 Å². The Hall–Kier alpha value is -3.92. The second kappa shape index (κ2) is 16.4. The molecule has 2 aliphatic rings. The van der Waals surface area contributed by atoms with Crippen molar-refractivity contribution in [3.63, 3.8) is 0 Å². The van der Waals surface area contributed by atoms with Gasteiger partial charge in [-0.05, 0) is 56.4 Å². The summed E-state index contributed by atoms with van der Waals surface area (Å²) in [5, 5.41) is 16.8. The fraction of sp³-hybridized carbons (Fsp3) is 0.444. The monoisotopic (exact) mass is 613 g/mol. The minimum Gasteiger partial charge on any atom is -0.392 e. The zero-order chi connectivity index (χ0) is 32.2. The van der Waals surface area contributed by atoms with E-state index in [1.54, 1.807) is 6.20 Å². The molecule has 1 aliphatic heterocycles. The largest absolute Gasteiger partial charge is 0.392 e. The first kappa shape index (κ1) is 34.0. The van der Waals surface area contributed by atoms with Gasteiger partial charge in [0, 0.05) is 75.1 Å². The van der Waals surface area contributed by atoms with Crippen LogP contribution in [0.4, 0.5) is 0 Å². The van der Waals surface area contributed by atoms with Crippen LogP contribution in [0.15, 0.2) is 79.1 Å². The molecule has 1 unspecified atom stereocenters. The van der Waals surface area contributed by atoms with E-state index in [0.29, 0.717) is 31.4 Å². The van der Waals surface area contributed by atoms with Gasteiger partial charge in [0.05, 0.1) is 12.1 Å². The van der Waals surface area contributed by atoms with Crippen LogP contribution in [-0.2, 0) is 22.6 Å². The Morgan fingerprint density at radius 1 is 0.978 bits per heavy atom. The summed E-state index contributed by atoms with van der Waals surface area (Å²) in [5.41, 5.74) is 3.78. The van der Waals surface area contributed by atoms with E-state index >= 15 is 0 Å². The highest BCUT2D eigenvalue weighted by Gasteiger charge is 2.33. The Labute approximate surface area is 267 Å². The van der Waals surface area contributed by atoms with Crippen molar-refractivity contribution in [1.82, 2.24) is 25.4 Å². The number of rotatable bonds is 11. The molecule has 1 aliphatic carbocycles. The number of Topliss-reactive ketones (excluding diaryl/α,β-unsaturated/α-hetero) is 1. The SMILES string of the molecule is CC(C)(C)NC=O.O=C1C[C@@H](NC(=O)C(Cc2ccccc2)C[C@H](O)CN2CCN(Cc3cccnc3)CC2)c2ccccc21. The molecule has 0 radical (unpaired) electrons. The lowest BCUT2D eigenvalue weighted by Gasteiger charge is -2.36. The minimum atomic E-state index is -0.614. The van der Waals surface area contributed by atoms with Gasteiger partial charge in [0.15, 0.2) is 5.78 Å². The first-order chi connectivity index (χ1) is 21.6. The number of hydrogen-bond acceptors (Lipinski definition) is 7. The number of benzene rings is 2. The third-order valence-electron chi connectivity index (χ3n) is 8.15. The lowest BCUT2D eigenvalue weighted by Crippen LogP contribution is -2.48. The zero-order valence-electron chi connectivity index (χ0n) is 26.7. The molecule has 0 bridgehead atoms. The normalized spacial score (nSPS) is 18.2. The lowest BCUT2D eigenvalue weighted by molar-refractivity contribution is -0.127. The van der Waals surface area contributed by atoms with Gasteiger partial charge in [-0.15, -0.1) is 0 Å². The van der Waals surface area contributed by atoms with Crippen LogP contribution in [0.1, 0.15) is 66.7 Å². The van der Waals surface area contributed by atoms with Gasteiger partial charge in [-0.3, -0.25) is 29.2 Å². The number of aliphatic hydroxyl groups is 1. The number of hydrogen-bond donors (Lipinski definition) is 3. The summed E-state index contributed by atoms with van der Waals surface area (Å²) in [6.07, 6.45) is 5.00. The Bertz CT molecular complexity index is 1370. The zero-order valence-corrected chi connectivity index (χ0v) is 26.7. The standard InChI is InChI=1S/C31H36N4O3.C5H11NO/c36-26(22-35-15-13-34(14-16-35)21-24-9-6-12-32-20-24)18-25(17-23-7-2-1-3-8-23)31(38)33-29-19-30(37)28-11-5-4-10-27(28)29;1-5(2,3)6-4-7/h1-12,20,25-26,29,36H,13-19,21-22H2,(H,33,38);4H,1-3H3,(H,6,7)/t25?,26-,29+;/m0./s1. The van der Waals surface area contributed by atoms with Crippen LogP contribution in [0.5, 0.6) is 0 Å². The van der Waals surface area contributed by atoms with Gasteiger partial charge in [0.25, 0.3) is 0 Å². The number of pyridine rings is 1. The number of carbonyl (C=O) groups excluding carboxylic acids is 3. The number of fused-ring (bicyclic) bond motifs is 1. The molecule has 0 saturated carbocycles. The first-order valence-corrected chi connectivity index (χ1v) is 15.8. The molecule has 9 nitrogen and oxygen atoms in total. The summed E-state index contributed by atoms with van der Waals surface area (Å²) >= 11 is 0. The summed E-state index contributed by atoms with van der Waals surface area (Å²) in [5.74, 6) is -0.431. The molecule has 3 aromatic rings. The molecule has 3 atom stereocenters. The highest BCUT2D eigenvalue weighted by molar-refractivity contribution is 6.01. The van der Waals surface area contributed by atoms with Crippen LogP contribution in [0.25, 0.3) is 0 Å². The topological polar surface area (TPSA) is 115 Å². The van der Waals surface area contributed by atoms with Gasteiger partial charge < -0.3 is 15.7 Å². The summed E-state index contributed by atoms with van der Waals surface area (Å²) < 4.78 is 0. The Kier molecular flexibility index (Phi) is 12.4. The van der Waals surface area contributed by atoms with Crippen molar-refractivity contribution in [2.45, 2.75) is 64.3 Å². The third-order valence-corrected chi connectivity index (χ3v) is 8.15. The second-order valence-corrected chi connectivity index (χ2v) is 13.0. The molecule has 9 heteroatoms. The number of ketones is 1. The molecule has 2 aromatic carbocycles. The molecular formula is C36H47N5O4. The van der Waals surface area contributed by atoms with Crippen LogP contribution in [0.3, 0.4) is 0 Å². The van der Waals surface area contributed by atoms with Crippen LogP contribution in [-0.4, -0.2) is 82.4 Å². The first-order valence-electron chi connectivity index (χ1n) is 15.8. The van der Waals surface area contributed by atoms with Crippen LogP contribution in [0, 0.1) is 5.92 Å². The van der Waals surface area contributed by atoms with E-state index in [1.165, 1.54) is 5.56 Å². The molecular weight excluding hydrogens is 566 g/mol. The fourth-order valence-corrected chi connectivity index (χ4v) is 5.82. The number of carbonyl (C=O) groups is 3. The quantitative estimate of drug-likeness (QED) is 0.282. The highest BCUT2D eigenvalue weighted by atomic mass is 16.3. The average molecular weight is 614 g/mol. The Balaban J connectivity index is 0.000000591. The van der Waals surface area contributed by atoms with Gasteiger partial charge in [0.1, 0.15) is 0 Å². The van der Waals surface area contributed by atoms with E-state index in [-0.39, 0.29) is 35.6 Å². The fourth-order valence-electron chi connectivity index (χ4n) is 5.82. The van der Waals surface area contributed by atoms with Gasteiger partial charge in [-0.1, -0.05) is 60.7 Å². The molecule has 2 heterocycles. The second-order valence-electron chi connectivity index (χ2n) is 13.0. The maximum absolute atomic E-state index is 13.5. The van der Waals surface area contributed by atoms with Gasteiger partial charge in [-0.25, -0.2) is 0 Å². The molecule has 240 valence electrons. The van der Waals surface area contributed by atoms with Crippen molar-refractivity contribution in [1.29, 1.82) is 0 Å². The number of amides is 2. The molecule has 0 spiro atoms. The number of nitrogens with zero attached hydrogens (tertiary/aromatic N) is 3. The van der Waals surface area contributed by atoms with Gasteiger partial charge >= 0.3 is 0 Å². The summed E-state index contributed by atoms with van der Waals surface area (Å²) in [7, 11) is 0. The maximum Gasteiger partial charge on any atom is 0.224 e. The van der Waals surface area contributed by atoms with Crippen LogP contribution >= 0.6 is 0 Å². The van der Waals surface area contributed by atoms with Gasteiger partial charge in [0.2, 0.25) is 12.3 Å². The number of piperazine rings is 1. The smallest absolute Gasteiger partial charge is 0.224 e. The molecule has 45 heavy (non-hydrogen) atoms. The van der Waals surface area contributed by atoms with Crippen molar-refractivity contribution in [3.05, 3.63) is 101 Å². The average Bonchev–Trinajstić information content (AvgIpc) is 3.33. The molecule has 1 saturated heterocycles. The van der Waals surface area contributed by atoms with Crippen molar-refractivity contribution in [2.75, 3.05) is 32.7 Å². The Morgan fingerprint density at radius 3 is 2.29 bits per heavy atom. The Morgan fingerprint density at radius 2 is 1.64 bits per heavy atom. The van der Waals surface area contributed by atoms with E-state index in [9.17, 15) is 19.5 Å². The summed E-state index contributed by atoms with van der Waals surface area (Å²) in [6.45, 7) is 10.9.